The zero-order valence-corrected chi connectivity index (χ0v) is 12.0. The van der Waals surface area contributed by atoms with Crippen LogP contribution in [-0.2, 0) is 4.79 Å². The second-order valence-corrected chi connectivity index (χ2v) is 6.86. The van der Waals surface area contributed by atoms with Gasteiger partial charge in [0.1, 0.15) is 8.39 Å². The van der Waals surface area contributed by atoms with Crippen molar-refractivity contribution >= 4 is 54.2 Å². The summed E-state index contributed by atoms with van der Waals surface area (Å²) in [5.41, 5.74) is -0.398. The van der Waals surface area contributed by atoms with E-state index in [0.29, 0.717) is 9.73 Å². The molecule has 0 saturated heterocycles. The Bertz CT molecular complexity index is 337. The Morgan fingerprint density at radius 2 is 2.00 bits per heavy atom. The van der Waals surface area contributed by atoms with Gasteiger partial charge in [0.2, 0.25) is 5.91 Å². The van der Waals surface area contributed by atoms with Crippen LogP contribution >= 0.6 is 43.2 Å². The highest BCUT2D eigenvalue weighted by atomic mass is 79.9. The van der Waals surface area contributed by atoms with Gasteiger partial charge in [0.05, 0.1) is 0 Å². The summed E-state index contributed by atoms with van der Waals surface area (Å²) in [7, 11) is 0. The molecule has 1 N–H and O–H groups in total. The molecule has 0 bridgehead atoms. The SMILES string of the molecule is CC(C)(C)C(=O)Nc1nc(Br)c(Br)s1. The standard InChI is InChI=1S/C8H10Br2N2OS/c1-8(2,3)6(13)12-7-11-4(9)5(10)14-7/h1-3H3,(H,11,12,13). The smallest absolute Gasteiger partial charge is 0.231 e. The summed E-state index contributed by atoms with van der Waals surface area (Å²) < 4.78 is 1.59. The summed E-state index contributed by atoms with van der Waals surface area (Å²) in [5.74, 6) is -0.0359. The number of hydrogen-bond acceptors (Lipinski definition) is 3. The number of amides is 1. The van der Waals surface area contributed by atoms with E-state index in [0.717, 1.165) is 3.79 Å². The molecule has 14 heavy (non-hydrogen) atoms. The fraction of sp³-hybridized carbons (Fsp3) is 0.500. The van der Waals surface area contributed by atoms with Crippen LogP contribution in [-0.4, -0.2) is 10.9 Å². The van der Waals surface area contributed by atoms with Crippen LogP contribution in [0.3, 0.4) is 0 Å². The molecule has 0 atom stereocenters. The van der Waals surface area contributed by atoms with Crippen LogP contribution in [0.15, 0.2) is 8.39 Å². The second kappa shape index (κ2) is 4.28. The summed E-state index contributed by atoms with van der Waals surface area (Å²) in [5, 5.41) is 3.35. The maximum Gasteiger partial charge on any atom is 0.231 e. The van der Waals surface area contributed by atoms with E-state index >= 15 is 0 Å². The summed E-state index contributed by atoms with van der Waals surface area (Å²) in [4.78, 5) is 15.7. The van der Waals surface area contributed by atoms with Gasteiger partial charge in [-0.05, 0) is 31.9 Å². The van der Waals surface area contributed by atoms with Crippen molar-refractivity contribution in [3.8, 4) is 0 Å². The lowest BCUT2D eigenvalue weighted by Crippen LogP contribution is -2.27. The third-order valence-corrected chi connectivity index (χ3v) is 4.44. The number of nitrogens with one attached hydrogen (secondary N) is 1. The number of thiazole rings is 1. The fourth-order valence-electron chi connectivity index (χ4n) is 0.621. The van der Waals surface area contributed by atoms with Crippen LogP contribution in [0.5, 0.6) is 0 Å². The molecule has 0 aliphatic carbocycles. The van der Waals surface area contributed by atoms with Gasteiger partial charge in [0.15, 0.2) is 5.13 Å². The lowest BCUT2D eigenvalue weighted by atomic mass is 9.96. The van der Waals surface area contributed by atoms with Crippen LogP contribution in [0, 0.1) is 5.41 Å². The number of carbonyl (C=O) groups is 1. The third-order valence-electron chi connectivity index (χ3n) is 1.45. The van der Waals surface area contributed by atoms with Crippen LogP contribution in [0.2, 0.25) is 0 Å². The summed E-state index contributed by atoms with van der Waals surface area (Å²) in [6.07, 6.45) is 0. The van der Waals surface area contributed by atoms with Crippen molar-refractivity contribution in [2.75, 3.05) is 5.32 Å². The predicted octanol–water partition coefficient (Wildman–Crippen LogP) is 3.65. The molecule has 6 heteroatoms. The molecule has 0 fully saturated rings. The number of halogens is 2. The highest BCUT2D eigenvalue weighted by Crippen LogP contribution is 2.32. The topological polar surface area (TPSA) is 42.0 Å². The molecule has 1 rings (SSSR count). The first kappa shape index (κ1) is 12.1. The zero-order valence-electron chi connectivity index (χ0n) is 8.02. The second-order valence-electron chi connectivity index (χ2n) is 3.79. The molecular weight excluding hydrogens is 332 g/mol. The maximum atomic E-state index is 11.6. The van der Waals surface area contributed by atoms with E-state index in [4.69, 9.17) is 0 Å². The molecular formula is C8H10Br2N2OS. The van der Waals surface area contributed by atoms with Crippen molar-refractivity contribution < 1.29 is 4.79 Å². The van der Waals surface area contributed by atoms with Gasteiger partial charge in [-0.2, -0.15) is 0 Å². The average molecular weight is 342 g/mol. The van der Waals surface area contributed by atoms with Gasteiger partial charge in [0.25, 0.3) is 0 Å². The first-order valence-corrected chi connectivity index (χ1v) is 6.34. The van der Waals surface area contributed by atoms with E-state index in [1.54, 1.807) is 0 Å². The van der Waals surface area contributed by atoms with Gasteiger partial charge in [-0.15, -0.1) is 0 Å². The molecule has 78 valence electrons. The zero-order chi connectivity index (χ0) is 10.9. The van der Waals surface area contributed by atoms with E-state index in [1.807, 2.05) is 20.8 Å². The summed E-state index contributed by atoms with van der Waals surface area (Å²) in [6, 6.07) is 0. The lowest BCUT2D eigenvalue weighted by Gasteiger charge is -2.15. The molecule has 3 nitrogen and oxygen atoms in total. The molecule has 0 unspecified atom stereocenters. The van der Waals surface area contributed by atoms with Crippen LogP contribution < -0.4 is 5.32 Å². The highest BCUT2D eigenvalue weighted by molar-refractivity contribution is 9.13. The van der Waals surface area contributed by atoms with Crippen molar-refractivity contribution in [3.63, 3.8) is 0 Å². The minimum atomic E-state index is -0.398. The Hall–Kier alpha value is 0.0600. The highest BCUT2D eigenvalue weighted by Gasteiger charge is 2.22. The molecule has 0 aromatic carbocycles. The van der Waals surface area contributed by atoms with Crippen molar-refractivity contribution in [2.24, 2.45) is 5.41 Å². The molecule has 1 aromatic rings. The number of carbonyl (C=O) groups excluding carboxylic acids is 1. The monoisotopic (exact) mass is 340 g/mol. The minimum Gasteiger partial charge on any atom is -0.301 e. The Kier molecular flexibility index (Phi) is 3.71. The Morgan fingerprint density at radius 3 is 2.36 bits per heavy atom. The van der Waals surface area contributed by atoms with Gasteiger partial charge >= 0.3 is 0 Å². The van der Waals surface area contributed by atoms with Crippen molar-refractivity contribution in [1.29, 1.82) is 0 Å². The van der Waals surface area contributed by atoms with Crippen LogP contribution in [0.25, 0.3) is 0 Å². The van der Waals surface area contributed by atoms with Gasteiger partial charge in [-0.1, -0.05) is 32.1 Å². The number of hydrogen-bond donors (Lipinski definition) is 1. The van der Waals surface area contributed by atoms with Crippen LogP contribution in [0.4, 0.5) is 5.13 Å². The number of anilines is 1. The molecule has 0 radical (unpaired) electrons. The Labute approximate surface area is 104 Å². The maximum absolute atomic E-state index is 11.6. The molecule has 0 spiro atoms. The largest absolute Gasteiger partial charge is 0.301 e. The van der Waals surface area contributed by atoms with Crippen molar-refractivity contribution in [3.05, 3.63) is 8.39 Å². The van der Waals surface area contributed by atoms with Crippen LogP contribution in [0.1, 0.15) is 20.8 Å². The first-order chi connectivity index (χ1) is 6.30. The molecule has 1 heterocycles. The summed E-state index contributed by atoms with van der Waals surface area (Å²) in [6.45, 7) is 5.58. The van der Waals surface area contributed by atoms with Crippen molar-refractivity contribution in [2.45, 2.75) is 20.8 Å². The fourth-order valence-corrected chi connectivity index (χ4v) is 2.29. The Balaban J connectivity index is 2.75. The van der Waals surface area contributed by atoms with E-state index in [9.17, 15) is 4.79 Å². The van der Waals surface area contributed by atoms with E-state index in [-0.39, 0.29) is 5.91 Å². The Morgan fingerprint density at radius 1 is 1.43 bits per heavy atom. The molecule has 0 aliphatic rings. The molecule has 1 aromatic heterocycles. The molecule has 1 amide bonds. The van der Waals surface area contributed by atoms with Gasteiger partial charge < -0.3 is 5.32 Å². The van der Waals surface area contributed by atoms with Crippen molar-refractivity contribution in [1.82, 2.24) is 4.98 Å². The minimum absolute atomic E-state index is 0.0359. The van der Waals surface area contributed by atoms with Gasteiger partial charge in [-0.3, -0.25) is 4.79 Å². The molecule has 0 saturated carbocycles. The molecule has 0 aliphatic heterocycles. The van der Waals surface area contributed by atoms with E-state index in [1.165, 1.54) is 11.3 Å². The van der Waals surface area contributed by atoms with E-state index < -0.39 is 5.41 Å². The number of rotatable bonds is 1. The quantitative estimate of drug-likeness (QED) is 0.847. The first-order valence-electron chi connectivity index (χ1n) is 3.94. The lowest BCUT2D eigenvalue weighted by molar-refractivity contribution is -0.123. The number of aromatic nitrogens is 1. The number of nitrogens with zero attached hydrogens (tertiary/aromatic N) is 1. The van der Waals surface area contributed by atoms with Gasteiger partial charge in [-0.25, -0.2) is 4.98 Å². The van der Waals surface area contributed by atoms with Gasteiger partial charge in [0, 0.05) is 5.41 Å². The normalized spacial score (nSPS) is 11.5. The predicted molar refractivity (Wildman–Crippen MR) is 65.6 cm³/mol. The average Bonchev–Trinajstić information content (AvgIpc) is 2.29. The summed E-state index contributed by atoms with van der Waals surface area (Å²) >= 11 is 7.96. The third kappa shape index (κ3) is 3.03. The van der Waals surface area contributed by atoms with E-state index in [2.05, 4.69) is 42.2 Å².